The third-order valence-corrected chi connectivity index (χ3v) is 5.26. The number of amides is 1. The summed E-state index contributed by atoms with van der Waals surface area (Å²) in [5, 5.41) is 3.85. The van der Waals surface area contributed by atoms with E-state index < -0.39 is 0 Å². The molecule has 1 saturated heterocycles. The Bertz CT molecular complexity index is 811. The first-order valence-corrected chi connectivity index (χ1v) is 8.64. The summed E-state index contributed by atoms with van der Waals surface area (Å²) in [5.74, 6) is 1.22. The van der Waals surface area contributed by atoms with E-state index in [1.807, 2.05) is 11.8 Å². The van der Waals surface area contributed by atoms with Crippen LogP contribution in [0.4, 0.5) is 0 Å². The Morgan fingerprint density at radius 1 is 1.21 bits per heavy atom. The van der Waals surface area contributed by atoms with Crippen LogP contribution in [0.2, 0.25) is 0 Å². The summed E-state index contributed by atoms with van der Waals surface area (Å²) in [4.78, 5) is 14.4. The van der Waals surface area contributed by atoms with E-state index in [1.54, 1.807) is 6.07 Å². The molecule has 0 N–H and O–H groups in total. The average Bonchev–Trinajstić information content (AvgIpc) is 3.17. The fraction of sp³-hybridized carbons (Fsp3) is 0.400. The molecular formula is C20H22N2O2. The Morgan fingerprint density at radius 2 is 1.96 bits per heavy atom. The van der Waals surface area contributed by atoms with Crippen molar-refractivity contribution in [3.05, 3.63) is 58.5 Å². The highest BCUT2D eigenvalue weighted by Crippen LogP contribution is 2.41. The summed E-state index contributed by atoms with van der Waals surface area (Å²) in [6.07, 6.45) is 3.11. The summed E-state index contributed by atoms with van der Waals surface area (Å²) < 4.78 is 5.03. The normalized spacial score (nSPS) is 18.2. The highest BCUT2D eigenvalue weighted by atomic mass is 16.5. The third kappa shape index (κ3) is 2.56. The van der Waals surface area contributed by atoms with Crippen molar-refractivity contribution >= 4 is 11.5 Å². The number of allylic oxidation sites excluding steroid dienone is 2. The molecule has 0 saturated carbocycles. The van der Waals surface area contributed by atoms with Crippen molar-refractivity contribution in [3.63, 3.8) is 0 Å². The molecule has 1 aromatic carbocycles. The van der Waals surface area contributed by atoms with Crippen LogP contribution in [-0.2, 0) is 6.42 Å². The van der Waals surface area contributed by atoms with E-state index in [0.29, 0.717) is 17.4 Å². The number of fused-ring (bicyclic) bond motifs is 1. The van der Waals surface area contributed by atoms with Gasteiger partial charge in [-0.1, -0.05) is 35.0 Å². The monoisotopic (exact) mass is 322 g/mol. The first-order valence-electron chi connectivity index (χ1n) is 8.64. The molecule has 124 valence electrons. The lowest BCUT2D eigenvalue weighted by Gasteiger charge is -2.33. The number of hydrogen-bond donors (Lipinski definition) is 0. The Balaban J connectivity index is 1.47. The predicted molar refractivity (Wildman–Crippen MR) is 92.6 cm³/mol. The number of aromatic nitrogens is 1. The van der Waals surface area contributed by atoms with E-state index in [-0.39, 0.29) is 5.91 Å². The molecule has 4 rings (SSSR count). The SMILES string of the molecule is CC1=C(C2CCN(C(=O)c3cc(C)on3)CC2)c2ccccc2C1. The third-order valence-electron chi connectivity index (χ3n) is 5.26. The van der Waals surface area contributed by atoms with E-state index in [4.69, 9.17) is 4.52 Å². The minimum atomic E-state index is -0.0113. The summed E-state index contributed by atoms with van der Waals surface area (Å²) in [6, 6.07) is 10.4. The van der Waals surface area contributed by atoms with Crippen LogP contribution in [-0.4, -0.2) is 29.1 Å². The van der Waals surface area contributed by atoms with Gasteiger partial charge in [0.15, 0.2) is 5.69 Å². The standard InChI is InChI=1S/C20H22N2O2/c1-13-11-16-5-3-4-6-17(16)19(13)15-7-9-22(10-8-15)20(23)18-12-14(2)24-21-18/h3-6,12,15H,7-11H2,1-2H3. The molecule has 1 amide bonds. The van der Waals surface area contributed by atoms with Crippen LogP contribution in [0.15, 0.2) is 40.4 Å². The zero-order valence-electron chi connectivity index (χ0n) is 14.2. The van der Waals surface area contributed by atoms with Crippen molar-refractivity contribution in [1.82, 2.24) is 10.1 Å². The molecule has 1 fully saturated rings. The van der Waals surface area contributed by atoms with Crippen molar-refractivity contribution in [3.8, 4) is 0 Å². The van der Waals surface area contributed by atoms with E-state index in [2.05, 4.69) is 36.3 Å². The number of hydrogen-bond acceptors (Lipinski definition) is 3. The average molecular weight is 322 g/mol. The van der Waals surface area contributed by atoms with Gasteiger partial charge in [0, 0.05) is 19.2 Å². The maximum absolute atomic E-state index is 12.5. The summed E-state index contributed by atoms with van der Waals surface area (Å²) in [6.45, 7) is 5.64. The van der Waals surface area contributed by atoms with Crippen LogP contribution in [0.1, 0.15) is 47.1 Å². The number of aryl methyl sites for hydroxylation is 1. The van der Waals surface area contributed by atoms with Gasteiger partial charge in [-0.05, 0) is 55.7 Å². The second-order valence-corrected chi connectivity index (χ2v) is 6.92. The fourth-order valence-electron chi connectivity index (χ4n) is 4.12. The Morgan fingerprint density at radius 3 is 2.67 bits per heavy atom. The van der Waals surface area contributed by atoms with Gasteiger partial charge in [0.25, 0.3) is 5.91 Å². The van der Waals surface area contributed by atoms with Gasteiger partial charge in [-0.15, -0.1) is 0 Å². The topological polar surface area (TPSA) is 46.3 Å². The molecule has 0 atom stereocenters. The molecule has 0 radical (unpaired) electrons. The number of rotatable bonds is 2. The Labute approximate surface area is 142 Å². The van der Waals surface area contributed by atoms with E-state index in [9.17, 15) is 4.79 Å². The second kappa shape index (κ2) is 5.93. The molecule has 4 heteroatoms. The molecule has 2 heterocycles. The van der Waals surface area contributed by atoms with Gasteiger partial charge in [0.1, 0.15) is 5.76 Å². The number of carbonyl (C=O) groups is 1. The lowest BCUT2D eigenvalue weighted by molar-refractivity contribution is 0.0697. The molecule has 0 bridgehead atoms. The number of carbonyl (C=O) groups excluding carboxylic acids is 1. The molecule has 0 spiro atoms. The number of nitrogens with zero attached hydrogens (tertiary/aromatic N) is 2. The predicted octanol–water partition coefficient (Wildman–Crippen LogP) is 3.87. The van der Waals surface area contributed by atoms with E-state index in [0.717, 1.165) is 32.4 Å². The highest BCUT2D eigenvalue weighted by Gasteiger charge is 2.31. The maximum Gasteiger partial charge on any atom is 0.276 e. The van der Waals surface area contributed by atoms with Crippen molar-refractivity contribution in [2.24, 2.45) is 5.92 Å². The summed E-state index contributed by atoms with van der Waals surface area (Å²) >= 11 is 0. The number of benzene rings is 1. The first-order chi connectivity index (χ1) is 11.6. The van der Waals surface area contributed by atoms with Crippen LogP contribution in [0, 0.1) is 12.8 Å². The maximum atomic E-state index is 12.5. The van der Waals surface area contributed by atoms with Gasteiger partial charge in [-0.2, -0.15) is 0 Å². The molecule has 0 unspecified atom stereocenters. The summed E-state index contributed by atoms with van der Waals surface area (Å²) in [7, 11) is 0. The van der Waals surface area contributed by atoms with Crippen molar-refractivity contribution in [1.29, 1.82) is 0 Å². The van der Waals surface area contributed by atoms with Crippen LogP contribution in [0.5, 0.6) is 0 Å². The van der Waals surface area contributed by atoms with Crippen LogP contribution >= 0.6 is 0 Å². The second-order valence-electron chi connectivity index (χ2n) is 6.92. The molecule has 4 nitrogen and oxygen atoms in total. The highest BCUT2D eigenvalue weighted by molar-refractivity contribution is 5.92. The molecule has 2 aliphatic rings. The first kappa shape index (κ1) is 15.2. The minimum absolute atomic E-state index is 0.0113. The summed E-state index contributed by atoms with van der Waals surface area (Å²) in [5.41, 5.74) is 6.31. The minimum Gasteiger partial charge on any atom is -0.361 e. The smallest absolute Gasteiger partial charge is 0.276 e. The van der Waals surface area contributed by atoms with Gasteiger partial charge in [0.05, 0.1) is 0 Å². The molecular weight excluding hydrogens is 300 g/mol. The Kier molecular flexibility index (Phi) is 3.75. The fourth-order valence-corrected chi connectivity index (χ4v) is 4.12. The largest absolute Gasteiger partial charge is 0.361 e. The quantitative estimate of drug-likeness (QED) is 0.843. The molecule has 2 aromatic rings. The zero-order valence-corrected chi connectivity index (χ0v) is 14.2. The van der Waals surface area contributed by atoms with Crippen LogP contribution < -0.4 is 0 Å². The van der Waals surface area contributed by atoms with Crippen molar-refractivity contribution in [2.45, 2.75) is 33.1 Å². The number of likely N-dealkylation sites (tertiary alicyclic amines) is 1. The van der Waals surface area contributed by atoms with Gasteiger partial charge >= 0.3 is 0 Å². The van der Waals surface area contributed by atoms with Gasteiger partial charge in [-0.3, -0.25) is 4.79 Å². The zero-order chi connectivity index (χ0) is 16.7. The van der Waals surface area contributed by atoms with Crippen molar-refractivity contribution < 1.29 is 9.32 Å². The molecule has 1 aliphatic heterocycles. The van der Waals surface area contributed by atoms with Gasteiger partial charge in [0.2, 0.25) is 0 Å². The van der Waals surface area contributed by atoms with E-state index >= 15 is 0 Å². The van der Waals surface area contributed by atoms with E-state index in [1.165, 1.54) is 22.3 Å². The Hall–Kier alpha value is -2.36. The lowest BCUT2D eigenvalue weighted by atomic mass is 9.85. The van der Waals surface area contributed by atoms with Crippen LogP contribution in [0.3, 0.4) is 0 Å². The van der Waals surface area contributed by atoms with Crippen LogP contribution in [0.25, 0.3) is 5.57 Å². The van der Waals surface area contributed by atoms with Crippen molar-refractivity contribution in [2.75, 3.05) is 13.1 Å². The van der Waals surface area contributed by atoms with Gasteiger partial charge in [-0.25, -0.2) is 0 Å². The number of piperidine rings is 1. The molecule has 1 aliphatic carbocycles. The lowest BCUT2D eigenvalue weighted by Crippen LogP contribution is -2.38. The molecule has 1 aromatic heterocycles. The van der Waals surface area contributed by atoms with Gasteiger partial charge < -0.3 is 9.42 Å². The molecule has 24 heavy (non-hydrogen) atoms.